The topological polar surface area (TPSA) is 57.4 Å². The lowest BCUT2D eigenvalue weighted by atomic mass is 10.3. The maximum absolute atomic E-state index is 8.58. The molecule has 1 aromatic carbocycles. The lowest BCUT2D eigenvalue weighted by molar-refractivity contribution is 0.242. The quantitative estimate of drug-likeness (QED) is 0.393. The van der Waals surface area contributed by atoms with Crippen LogP contribution in [0.2, 0.25) is 10.0 Å². The minimum absolute atomic E-state index is 0.00457. The molecule has 0 amide bonds. The summed E-state index contributed by atoms with van der Waals surface area (Å²) in [5.41, 5.74) is 0.481. The monoisotopic (exact) mass is 317 g/mol. The zero-order chi connectivity index (χ0) is 14.4. The van der Waals surface area contributed by atoms with E-state index in [9.17, 15) is 0 Å². The van der Waals surface area contributed by atoms with Gasteiger partial charge >= 0.3 is 0 Å². The zero-order valence-corrected chi connectivity index (χ0v) is 13.0. The first-order valence-electron chi connectivity index (χ1n) is 5.41. The number of nitriles is 1. The summed E-state index contributed by atoms with van der Waals surface area (Å²) in [6.07, 6.45) is 3.61. The second kappa shape index (κ2) is 7.49. The number of thioether (sulfide) groups is 1. The van der Waals surface area contributed by atoms with E-state index in [-0.39, 0.29) is 6.10 Å². The Morgan fingerprint density at radius 3 is 2.63 bits per heavy atom. The second-order valence-electron chi connectivity index (χ2n) is 3.76. The molecule has 0 saturated heterocycles. The van der Waals surface area contributed by atoms with Gasteiger partial charge in [-0.2, -0.15) is 5.26 Å². The Labute approximate surface area is 126 Å². The van der Waals surface area contributed by atoms with Crippen LogP contribution in [0.15, 0.2) is 17.1 Å². The Morgan fingerprint density at radius 2 is 2.11 bits per heavy atom. The van der Waals surface area contributed by atoms with E-state index in [1.165, 1.54) is 11.8 Å². The van der Waals surface area contributed by atoms with Crippen LogP contribution < -0.4 is 10.1 Å². The summed E-state index contributed by atoms with van der Waals surface area (Å²) in [5.74, 6) is 0.513. The molecule has 4 nitrogen and oxygen atoms in total. The summed E-state index contributed by atoms with van der Waals surface area (Å²) in [7, 11) is 0. The first kappa shape index (κ1) is 16.0. The smallest absolute Gasteiger partial charge is 0.183 e. The Hall–Kier alpha value is -1.09. The molecular formula is C12H13Cl2N3OS. The van der Waals surface area contributed by atoms with Crippen LogP contribution in [-0.4, -0.2) is 17.5 Å². The number of nitrogens with zero attached hydrogens (tertiary/aromatic N) is 2. The third-order valence-electron chi connectivity index (χ3n) is 1.94. The summed E-state index contributed by atoms with van der Waals surface area (Å²) >= 11 is 13.5. The van der Waals surface area contributed by atoms with Crippen LogP contribution in [0.3, 0.4) is 0 Å². The molecule has 0 spiro atoms. The molecule has 0 aliphatic carbocycles. The van der Waals surface area contributed by atoms with Crippen LogP contribution in [0.1, 0.15) is 13.8 Å². The van der Waals surface area contributed by atoms with E-state index in [4.69, 9.17) is 33.2 Å². The van der Waals surface area contributed by atoms with Crippen molar-refractivity contribution < 1.29 is 4.74 Å². The Bertz CT molecular complexity index is 526. The first-order valence-corrected chi connectivity index (χ1v) is 7.39. The molecule has 0 aliphatic rings. The number of benzene rings is 1. The maximum atomic E-state index is 8.58. The van der Waals surface area contributed by atoms with Crippen molar-refractivity contribution in [1.82, 2.24) is 5.32 Å². The maximum Gasteiger partial charge on any atom is 0.183 e. The molecule has 0 saturated carbocycles. The molecule has 1 rings (SSSR count). The highest BCUT2D eigenvalue weighted by Gasteiger charge is 2.10. The molecule has 0 unspecified atom stereocenters. The molecule has 1 aromatic rings. The fourth-order valence-corrected chi connectivity index (χ4v) is 1.97. The fourth-order valence-electron chi connectivity index (χ4n) is 1.23. The number of hydrogen-bond acceptors (Lipinski definition) is 4. The number of aliphatic imine (C=N–C) groups is 1. The van der Waals surface area contributed by atoms with Crippen LogP contribution in [0.4, 0.5) is 5.69 Å². The predicted octanol–water partition coefficient (Wildman–Crippen LogP) is 4.20. The molecule has 7 heteroatoms. The van der Waals surface area contributed by atoms with E-state index in [0.717, 1.165) is 0 Å². The van der Waals surface area contributed by atoms with Gasteiger partial charge in [0.15, 0.2) is 11.4 Å². The minimum Gasteiger partial charge on any atom is -0.489 e. The van der Waals surface area contributed by atoms with Crippen LogP contribution in [0.5, 0.6) is 5.75 Å². The number of amidine groups is 1. The molecule has 0 atom stereocenters. The van der Waals surface area contributed by atoms with E-state index in [1.54, 1.807) is 18.4 Å². The van der Waals surface area contributed by atoms with Gasteiger partial charge in [0.2, 0.25) is 0 Å². The van der Waals surface area contributed by atoms with Crippen molar-refractivity contribution in [3.8, 4) is 11.9 Å². The summed E-state index contributed by atoms with van der Waals surface area (Å²) in [5, 5.41) is 12.3. The van der Waals surface area contributed by atoms with Gasteiger partial charge in [0, 0.05) is 6.07 Å². The van der Waals surface area contributed by atoms with Gasteiger partial charge in [-0.15, -0.1) is 0 Å². The van der Waals surface area contributed by atoms with E-state index < -0.39 is 0 Å². The van der Waals surface area contributed by atoms with Gasteiger partial charge in [0.05, 0.1) is 21.8 Å². The Balaban J connectivity index is 3.11. The molecule has 0 bridgehead atoms. The van der Waals surface area contributed by atoms with Crippen molar-refractivity contribution in [2.24, 2.45) is 4.99 Å². The molecule has 0 fully saturated rings. The standard InChI is InChI=1S/C12H13Cl2N3OS/c1-7(2)18-11-5-8(13)10(4-9(11)14)17-12(19-3)16-6-15/h4-5,7H,1-3H3,(H,16,17). The van der Waals surface area contributed by atoms with Crippen LogP contribution >= 0.6 is 35.0 Å². The second-order valence-corrected chi connectivity index (χ2v) is 5.37. The van der Waals surface area contributed by atoms with Gasteiger partial charge in [0.25, 0.3) is 0 Å². The summed E-state index contributed by atoms with van der Waals surface area (Å²) in [4.78, 5) is 4.22. The van der Waals surface area contributed by atoms with E-state index in [2.05, 4.69) is 10.3 Å². The third-order valence-corrected chi connectivity index (χ3v) is 3.12. The Kier molecular flexibility index (Phi) is 6.29. The largest absolute Gasteiger partial charge is 0.489 e. The van der Waals surface area contributed by atoms with Crippen molar-refractivity contribution in [1.29, 1.82) is 5.26 Å². The normalized spacial score (nSPS) is 11.3. The molecule has 19 heavy (non-hydrogen) atoms. The predicted molar refractivity (Wildman–Crippen MR) is 81.6 cm³/mol. The summed E-state index contributed by atoms with van der Waals surface area (Å²) in [6.45, 7) is 3.80. The highest BCUT2D eigenvalue weighted by molar-refractivity contribution is 8.13. The van der Waals surface area contributed by atoms with Crippen LogP contribution in [0, 0.1) is 11.5 Å². The lowest BCUT2D eigenvalue weighted by Crippen LogP contribution is -2.12. The number of nitrogens with one attached hydrogen (secondary N) is 1. The summed E-state index contributed by atoms with van der Waals surface area (Å²) in [6, 6.07) is 3.23. The van der Waals surface area contributed by atoms with Gasteiger partial charge in [0.1, 0.15) is 5.75 Å². The number of halogens is 2. The molecule has 102 valence electrons. The Morgan fingerprint density at radius 1 is 1.42 bits per heavy atom. The molecule has 0 aliphatic heterocycles. The third kappa shape index (κ3) is 4.83. The van der Waals surface area contributed by atoms with E-state index in [1.807, 2.05) is 20.0 Å². The molecule has 0 aromatic heterocycles. The summed E-state index contributed by atoms with van der Waals surface area (Å²) < 4.78 is 5.52. The van der Waals surface area contributed by atoms with Crippen molar-refractivity contribution >= 4 is 45.8 Å². The molecule has 0 radical (unpaired) electrons. The number of ether oxygens (including phenoxy) is 1. The minimum atomic E-state index is 0.00457. The zero-order valence-electron chi connectivity index (χ0n) is 10.7. The van der Waals surface area contributed by atoms with Gasteiger partial charge < -0.3 is 4.74 Å². The first-order chi connectivity index (χ1) is 8.97. The average molecular weight is 318 g/mol. The van der Waals surface area contributed by atoms with Crippen molar-refractivity contribution in [3.05, 3.63) is 22.2 Å². The van der Waals surface area contributed by atoms with E-state index >= 15 is 0 Å². The van der Waals surface area contributed by atoms with Crippen molar-refractivity contribution in [2.75, 3.05) is 6.26 Å². The van der Waals surface area contributed by atoms with Crippen molar-refractivity contribution in [3.63, 3.8) is 0 Å². The van der Waals surface area contributed by atoms with Gasteiger partial charge in [-0.05, 0) is 26.2 Å². The van der Waals surface area contributed by atoms with E-state index in [0.29, 0.717) is 26.6 Å². The SMILES string of the molecule is CSC(=Nc1cc(Cl)c(OC(C)C)cc1Cl)NC#N. The number of hydrogen-bond donors (Lipinski definition) is 1. The van der Waals surface area contributed by atoms with Gasteiger partial charge in [-0.25, -0.2) is 4.99 Å². The lowest BCUT2D eigenvalue weighted by Gasteiger charge is -2.12. The fraction of sp³-hybridized carbons (Fsp3) is 0.333. The highest BCUT2D eigenvalue weighted by Crippen LogP contribution is 2.36. The van der Waals surface area contributed by atoms with Gasteiger partial charge in [-0.1, -0.05) is 35.0 Å². The van der Waals surface area contributed by atoms with Gasteiger partial charge in [-0.3, -0.25) is 5.32 Å². The average Bonchev–Trinajstić information content (AvgIpc) is 2.34. The molecule has 1 N–H and O–H groups in total. The van der Waals surface area contributed by atoms with Crippen LogP contribution in [-0.2, 0) is 0 Å². The molecular weight excluding hydrogens is 305 g/mol. The highest BCUT2D eigenvalue weighted by atomic mass is 35.5. The van der Waals surface area contributed by atoms with Crippen molar-refractivity contribution in [2.45, 2.75) is 20.0 Å². The van der Waals surface area contributed by atoms with Crippen LogP contribution in [0.25, 0.3) is 0 Å². The number of rotatable bonds is 3. The molecule has 0 heterocycles.